The van der Waals surface area contributed by atoms with Gasteiger partial charge in [0.2, 0.25) is 0 Å². The van der Waals surface area contributed by atoms with Crippen LogP contribution in [0.15, 0.2) is 76.6 Å². The predicted molar refractivity (Wildman–Crippen MR) is 186 cm³/mol. The Balaban J connectivity index is 1.57. The third-order valence-corrected chi connectivity index (χ3v) is 8.67. The Kier molecular flexibility index (Phi) is 9.82. The maximum Gasteiger partial charge on any atom is 0.282 e. The molecule has 0 N–H and O–H groups in total. The highest BCUT2D eigenvalue weighted by Crippen LogP contribution is 2.36. The van der Waals surface area contributed by atoms with Gasteiger partial charge in [0.1, 0.15) is 12.4 Å². The van der Waals surface area contributed by atoms with Gasteiger partial charge in [-0.15, -0.1) is 0 Å². The summed E-state index contributed by atoms with van der Waals surface area (Å²) in [6.07, 6.45) is 1.62. The Bertz CT molecular complexity index is 1960. The highest BCUT2D eigenvalue weighted by atomic mass is 127. The van der Waals surface area contributed by atoms with Crippen molar-refractivity contribution >= 4 is 62.9 Å². The molecule has 5 rings (SSSR count). The molecule has 0 aliphatic rings. The Morgan fingerprint density at radius 3 is 2.43 bits per heavy atom. The summed E-state index contributed by atoms with van der Waals surface area (Å²) in [4.78, 5) is 18.7. The molecule has 10 heteroatoms. The first kappa shape index (κ1) is 31.8. The third kappa shape index (κ3) is 6.57. The van der Waals surface area contributed by atoms with Gasteiger partial charge < -0.3 is 14.2 Å². The number of methoxy groups -OCH3 is 2. The molecule has 0 saturated carbocycles. The number of halogens is 3. The van der Waals surface area contributed by atoms with Gasteiger partial charge >= 0.3 is 0 Å². The molecule has 5 aromatic rings. The molecule has 1 aromatic heterocycles. The Morgan fingerprint density at radius 1 is 0.977 bits per heavy atom. The number of para-hydroxylation sites is 1. The lowest BCUT2D eigenvalue weighted by Gasteiger charge is -2.17. The van der Waals surface area contributed by atoms with Crippen molar-refractivity contribution in [1.82, 2.24) is 9.66 Å². The van der Waals surface area contributed by atoms with E-state index in [0.29, 0.717) is 43.8 Å². The van der Waals surface area contributed by atoms with E-state index >= 15 is 0 Å². The zero-order valence-electron chi connectivity index (χ0n) is 24.8. The molecule has 0 radical (unpaired) electrons. The van der Waals surface area contributed by atoms with E-state index < -0.39 is 0 Å². The van der Waals surface area contributed by atoms with Crippen LogP contribution in [0.3, 0.4) is 0 Å². The molecule has 0 bridgehead atoms. The van der Waals surface area contributed by atoms with Gasteiger partial charge in [-0.3, -0.25) is 4.79 Å². The van der Waals surface area contributed by atoms with Crippen LogP contribution in [0.25, 0.3) is 22.3 Å². The molecular weight excluding hydrogens is 712 g/mol. The van der Waals surface area contributed by atoms with Crippen molar-refractivity contribution in [2.75, 3.05) is 14.2 Å². The van der Waals surface area contributed by atoms with E-state index in [1.54, 1.807) is 38.6 Å². The number of aromatic nitrogens is 2. The highest BCUT2D eigenvalue weighted by molar-refractivity contribution is 14.1. The summed E-state index contributed by atoms with van der Waals surface area (Å²) in [5.41, 5.74) is 4.64. The van der Waals surface area contributed by atoms with Crippen molar-refractivity contribution in [2.45, 2.75) is 33.3 Å². The molecule has 0 aliphatic heterocycles. The van der Waals surface area contributed by atoms with E-state index in [2.05, 4.69) is 41.5 Å². The lowest BCUT2D eigenvalue weighted by atomic mass is 9.96. The molecule has 0 spiro atoms. The van der Waals surface area contributed by atoms with Gasteiger partial charge in [-0.2, -0.15) is 9.78 Å². The summed E-state index contributed by atoms with van der Waals surface area (Å²) in [7, 11) is 3.24. The summed E-state index contributed by atoms with van der Waals surface area (Å²) in [6.45, 7) is 6.45. The summed E-state index contributed by atoms with van der Waals surface area (Å²) >= 11 is 14.4. The van der Waals surface area contributed by atoms with Crippen LogP contribution in [0, 0.1) is 10.5 Å². The van der Waals surface area contributed by atoms with E-state index in [9.17, 15) is 4.79 Å². The molecule has 44 heavy (non-hydrogen) atoms. The number of fused-ring (bicyclic) bond motifs is 1. The minimum atomic E-state index is -0.272. The zero-order valence-corrected chi connectivity index (χ0v) is 28.5. The Morgan fingerprint density at radius 2 is 1.73 bits per heavy atom. The molecule has 0 atom stereocenters. The number of nitrogens with zero attached hydrogens (tertiary/aromatic N) is 3. The molecule has 0 saturated heterocycles. The molecule has 0 fully saturated rings. The number of hydrogen-bond acceptors (Lipinski definition) is 6. The molecule has 0 aliphatic carbocycles. The van der Waals surface area contributed by atoms with Crippen LogP contribution in [-0.2, 0) is 6.61 Å². The average Bonchev–Trinajstić information content (AvgIpc) is 3.01. The smallest absolute Gasteiger partial charge is 0.282 e. The van der Waals surface area contributed by atoms with Crippen LogP contribution in [-0.4, -0.2) is 30.1 Å². The molecule has 0 unspecified atom stereocenters. The fraction of sp³-hybridized carbons (Fsp3) is 0.206. The van der Waals surface area contributed by atoms with Gasteiger partial charge in [0, 0.05) is 5.56 Å². The van der Waals surface area contributed by atoms with E-state index in [4.69, 9.17) is 42.4 Å². The Labute approximate surface area is 279 Å². The second-order valence-electron chi connectivity index (χ2n) is 10.4. The zero-order chi connectivity index (χ0) is 31.5. The predicted octanol–water partition coefficient (Wildman–Crippen LogP) is 8.89. The second-order valence-corrected chi connectivity index (χ2v) is 12.4. The number of benzene rings is 4. The van der Waals surface area contributed by atoms with Crippen LogP contribution in [0.4, 0.5) is 0 Å². The number of rotatable bonds is 9. The summed E-state index contributed by atoms with van der Waals surface area (Å²) in [6, 6.07) is 20.4. The van der Waals surface area contributed by atoms with E-state index in [0.717, 1.165) is 31.6 Å². The minimum absolute atomic E-state index is 0.195. The van der Waals surface area contributed by atoms with Gasteiger partial charge in [-0.05, 0) is 106 Å². The quantitative estimate of drug-likeness (QED) is 0.112. The monoisotopic (exact) mass is 741 g/mol. The highest BCUT2D eigenvalue weighted by Gasteiger charge is 2.19. The van der Waals surface area contributed by atoms with Crippen LogP contribution < -0.4 is 19.8 Å². The van der Waals surface area contributed by atoms with Gasteiger partial charge in [0.25, 0.3) is 5.56 Å². The lowest BCUT2D eigenvalue weighted by Crippen LogP contribution is -2.21. The summed E-state index contributed by atoms with van der Waals surface area (Å²) in [5, 5.41) is 6.10. The van der Waals surface area contributed by atoms with Gasteiger partial charge in [0.05, 0.1) is 45.0 Å². The number of ether oxygens (including phenoxy) is 3. The van der Waals surface area contributed by atoms with Crippen molar-refractivity contribution in [3.05, 3.63) is 113 Å². The van der Waals surface area contributed by atoms with Crippen LogP contribution in [0.5, 0.6) is 17.2 Å². The first-order valence-electron chi connectivity index (χ1n) is 13.8. The largest absolute Gasteiger partial charge is 0.496 e. The third-order valence-electron chi connectivity index (χ3n) is 7.13. The molecule has 7 nitrogen and oxygen atoms in total. The standard InChI is InChI=1S/C34H30Cl2IN3O4/c1-19(2)24-16-25(20(3)12-30(24)42-4)33-39-29-9-7-6-8-23(29)34(41)40(33)38-17-22-14-28(37)32(31(15-22)43-5)44-18-21-10-11-26(35)27(36)13-21/h6-17,19H,18H2,1-5H3. The summed E-state index contributed by atoms with van der Waals surface area (Å²) in [5.74, 6) is 2.53. The number of aryl methyl sites for hydroxylation is 1. The molecular formula is C34H30Cl2IN3O4. The molecule has 226 valence electrons. The lowest BCUT2D eigenvalue weighted by molar-refractivity contribution is 0.282. The topological polar surface area (TPSA) is 74.9 Å². The summed E-state index contributed by atoms with van der Waals surface area (Å²) < 4.78 is 19.6. The van der Waals surface area contributed by atoms with Gasteiger partial charge in [0.15, 0.2) is 17.3 Å². The first-order chi connectivity index (χ1) is 21.1. The average molecular weight is 742 g/mol. The van der Waals surface area contributed by atoms with Crippen LogP contribution in [0.1, 0.15) is 42.0 Å². The fourth-order valence-electron chi connectivity index (χ4n) is 4.84. The van der Waals surface area contributed by atoms with E-state index in [1.807, 2.05) is 55.5 Å². The maximum absolute atomic E-state index is 13.8. The fourth-order valence-corrected chi connectivity index (χ4v) is 5.94. The normalized spacial score (nSPS) is 11.5. The van der Waals surface area contributed by atoms with E-state index in [1.165, 1.54) is 4.68 Å². The Hall–Kier alpha value is -3.60. The van der Waals surface area contributed by atoms with Gasteiger partial charge in [-0.25, -0.2) is 4.98 Å². The van der Waals surface area contributed by atoms with Crippen molar-refractivity contribution in [3.8, 4) is 28.6 Å². The molecule has 4 aromatic carbocycles. The van der Waals surface area contributed by atoms with Crippen LogP contribution in [0.2, 0.25) is 10.0 Å². The van der Waals surface area contributed by atoms with Crippen LogP contribution >= 0.6 is 45.8 Å². The second kappa shape index (κ2) is 13.6. The SMILES string of the molecule is COc1cc(C)c(-c2nc3ccccc3c(=O)n2N=Cc2cc(I)c(OCc3ccc(Cl)c(Cl)c3)c(OC)c2)cc1C(C)C. The first-order valence-corrected chi connectivity index (χ1v) is 15.6. The maximum atomic E-state index is 13.8. The van der Waals surface area contributed by atoms with Crippen molar-refractivity contribution in [1.29, 1.82) is 0 Å². The van der Waals surface area contributed by atoms with Crippen molar-refractivity contribution < 1.29 is 14.2 Å². The van der Waals surface area contributed by atoms with Crippen molar-refractivity contribution in [2.24, 2.45) is 5.10 Å². The van der Waals surface area contributed by atoms with Crippen molar-refractivity contribution in [3.63, 3.8) is 0 Å². The molecule has 1 heterocycles. The number of hydrogen-bond donors (Lipinski definition) is 0. The van der Waals surface area contributed by atoms with Gasteiger partial charge in [-0.1, -0.05) is 55.2 Å². The van der Waals surface area contributed by atoms with E-state index in [-0.39, 0.29) is 18.1 Å². The molecule has 0 amide bonds. The minimum Gasteiger partial charge on any atom is -0.496 e.